The number of carbonyl (C=O) groups excluding carboxylic acids is 1. The van der Waals surface area contributed by atoms with Crippen molar-refractivity contribution in [3.8, 4) is 0 Å². The molecule has 0 unspecified atom stereocenters. The van der Waals surface area contributed by atoms with Gasteiger partial charge in [0.25, 0.3) is 5.91 Å². The summed E-state index contributed by atoms with van der Waals surface area (Å²) < 4.78 is 10.5. The fraction of sp³-hybridized carbons (Fsp3) is 0.533. The summed E-state index contributed by atoms with van der Waals surface area (Å²) in [6.07, 6.45) is 1.92. The molecule has 0 bridgehead atoms. The number of carbonyl (C=O) groups is 1. The van der Waals surface area contributed by atoms with Gasteiger partial charge in [-0.3, -0.25) is 4.79 Å². The molecule has 0 spiro atoms. The number of rotatable bonds is 2. The van der Waals surface area contributed by atoms with Gasteiger partial charge in [-0.1, -0.05) is 5.16 Å². The maximum atomic E-state index is 12.6. The van der Waals surface area contributed by atoms with Gasteiger partial charge in [0.1, 0.15) is 11.5 Å². The second-order valence-corrected chi connectivity index (χ2v) is 5.59. The highest BCUT2D eigenvalue weighted by Gasteiger charge is 2.29. The number of nitrogens with zero attached hydrogens (tertiary/aromatic N) is 3. The van der Waals surface area contributed by atoms with Gasteiger partial charge in [0.2, 0.25) is 5.89 Å². The summed E-state index contributed by atoms with van der Waals surface area (Å²) >= 11 is 0. The maximum Gasteiger partial charge on any atom is 0.257 e. The minimum atomic E-state index is 0.0225. The monoisotopic (exact) mass is 289 g/mol. The maximum absolute atomic E-state index is 12.6. The molecular weight excluding hydrogens is 270 g/mol. The van der Waals surface area contributed by atoms with Gasteiger partial charge in [0.15, 0.2) is 5.82 Å². The molecule has 1 aliphatic rings. The van der Waals surface area contributed by atoms with Gasteiger partial charge < -0.3 is 13.8 Å². The fourth-order valence-electron chi connectivity index (χ4n) is 2.87. The van der Waals surface area contributed by atoms with E-state index in [-0.39, 0.29) is 11.8 Å². The summed E-state index contributed by atoms with van der Waals surface area (Å²) in [6.45, 7) is 6.84. The minimum Gasteiger partial charge on any atom is -0.466 e. The Bertz CT molecular complexity index is 659. The number of furan rings is 1. The van der Waals surface area contributed by atoms with Gasteiger partial charge in [0.05, 0.1) is 5.56 Å². The number of piperidine rings is 1. The number of aromatic nitrogens is 2. The Morgan fingerprint density at radius 2 is 2.19 bits per heavy atom. The number of likely N-dealkylation sites (tertiary alicyclic amines) is 1. The van der Waals surface area contributed by atoms with Crippen LogP contribution in [-0.4, -0.2) is 34.0 Å². The van der Waals surface area contributed by atoms with Crippen LogP contribution in [0.5, 0.6) is 0 Å². The molecule has 6 heteroatoms. The second kappa shape index (κ2) is 5.35. The van der Waals surface area contributed by atoms with Crippen molar-refractivity contribution in [3.63, 3.8) is 0 Å². The Hall–Kier alpha value is -2.11. The van der Waals surface area contributed by atoms with Crippen molar-refractivity contribution < 1.29 is 13.7 Å². The van der Waals surface area contributed by atoms with Crippen molar-refractivity contribution in [1.82, 2.24) is 15.0 Å². The summed E-state index contributed by atoms with van der Waals surface area (Å²) in [5.74, 6) is 2.87. The first-order valence-electron chi connectivity index (χ1n) is 7.21. The van der Waals surface area contributed by atoms with Crippen LogP contribution < -0.4 is 0 Å². The van der Waals surface area contributed by atoms with Crippen LogP contribution in [0.2, 0.25) is 0 Å². The smallest absolute Gasteiger partial charge is 0.257 e. The van der Waals surface area contributed by atoms with Gasteiger partial charge in [-0.05, 0) is 32.8 Å². The average molecular weight is 289 g/mol. The topological polar surface area (TPSA) is 72.4 Å². The molecule has 1 saturated heterocycles. The van der Waals surface area contributed by atoms with E-state index in [1.54, 1.807) is 13.0 Å². The van der Waals surface area contributed by atoms with Crippen LogP contribution >= 0.6 is 0 Å². The van der Waals surface area contributed by atoms with Crippen molar-refractivity contribution >= 4 is 5.91 Å². The predicted molar refractivity (Wildman–Crippen MR) is 75.1 cm³/mol. The highest BCUT2D eigenvalue weighted by atomic mass is 16.5. The first-order valence-corrected chi connectivity index (χ1v) is 7.21. The molecule has 1 aliphatic heterocycles. The van der Waals surface area contributed by atoms with E-state index in [0.29, 0.717) is 29.6 Å². The summed E-state index contributed by atoms with van der Waals surface area (Å²) in [5.41, 5.74) is 0.650. The molecule has 0 saturated carbocycles. The van der Waals surface area contributed by atoms with Crippen LogP contribution in [0.15, 0.2) is 15.0 Å². The summed E-state index contributed by atoms with van der Waals surface area (Å²) in [4.78, 5) is 18.8. The molecular formula is C15H19N3O3. The molecule has 1 fully saturated rings. The lowest BCUT2D eigenvalue weighted by Crippen LogP contribution is -2.39. The van der Waals surface area contributed by atoms with E-state index in [2.05, 4.69) is 10.1 Å². The van der Waals surface area contributed by atoms with E-state index in [1.807, 2.05) is 18.7 Å². The number of hydrogen-bond donors (Lipinski definition) is 0. The largest absolute Gasteiger partial charge is 0.466 e. The molecule has 0 radical (unpaired) electrons. The van der Waals surface area contributed by atoms with Gasteiger partial charge >= 0.3 is 0 Å². The third-order valence-electron chi connectivity index (χ3n) is 3.89. The average Bonchev–Trinajstić information content (AvgIpc) is 3.04. The van der Waals surface area contributed by atoms with Gasteiger partial charge in [0, 0.05) is 25.9 Å². The molecule has 3 rings (SSSR count). The molecule has 0 aliphatic carbocycles. The molecule has 6 nitrogen and oxygen atoms in total. The zero-order valence-electron chi connectivity index (χ0n) is 12.5. The van der Waals surface area contributed by atoms with Crippen molar-refractivity contribution in [2.75, 3.05) is 13.1 Å². The summed E-state index contributed by atoms with van der Waals surface area (Å²) in [6, 6.07) is 1.81. The van der Waals surface area contributed by atoms with E-state index in [9.17, 15) is 4.79 Å². The third-order valence-corrected chi connectivity index (χ3v) is 3.89. The van der Waals surface area contributed by atoms with Crippen molar-refractivity contribution in [3.05, 3.63) is 34.9 Å². The van der Waals surface area contributed by atoms with Gasteiger partial charge in [-0.25, -0.2) is 0 Å². The quantitative estimate of drug-likeness (QED) is 0.849. The minimum absolute atomic E-state index is 0.0225. The van der Waals surface area contributed by atoms with Crippen molar-refractivity contribution in [2.24, 2.45) is 0 Å². The van der Waals surface area contributed by atoms with Crippen LogP contribution in [-0.2, 0) is 0 Å². The van der Waals surface area contributed by atoms with Crippen LogP contribution in [0, 0.1) is 20.8 Å². The van der Waals surface area contributed by atoms with E-state index in [4.69, 9.17) is 8.94 Å². The standard InChI is InChI=1S/C15H19N3O3/c1-9-7-13(10(2)20-9)15(19)18-6-4-5-12(8-18)14-16-11(3)21-17-14/h7,12H,4-6,8H2,1-3H3/t12-/m0/s1. The third kappa shape index (κ3) is 2.70. The zero-order valence-corrected chi connectivity index (χ0v) is 12.5. The first-order chi connectivity index (χ1) is 10.0. The lowest BCUT2D eigenvalue weighted by molar-refractivity contribution is 0.0702. The Morgan fingerprint density at radius 3 is 2.81 bits per heavy atom. The Morgan fingerprint density at radius 1 is 1.38 bits per heavy atom. The van der Waals surface area contributed by atoms with Crippen LogP contribution in [0.4, 0.5) is 0 Å². The van der Waals surface area contributed by atoms with Crippen molar-refractivity contribution in [1.29, 1.82) is 0 Å². The zero-order chi connectivity index (χ0) is 15.0. The number of aryl methyl sites for hydroxylation is 3. The molecule has 2 aromatic rings. The molecule has 1 atom stereocenters. The van der Waals surface area contributed by atoms with E-state index in [1.165, 1.54) is 0 Å². The number of amides is 1. The first kappa shape index (κ1) is 13.9. The molecule has 3 heterocycles. The molecule has 1 amide bonds. The van der Waals surface area contributed by atoms with E-state index in [0.717, 1.165) is 25.1 Å². The van der Waals surface area contributed by atoms with Crippen molar-refractivity contribution in [2.45, 2.75) is 39.5 Å². The fourth-order valence-corrected chi connectivity index (χ4v) is 2.87. The summed E-state index contributed by atoms with van der Waals surface area (Å²) in [7, 11) is 0. The summed E-state index contributed by atoms with van der Waals surface area (Å²) in [5, 5.41) is 3.99. The lowest BCUT2D eigenvalue weighted by atomic mass is 9.96. The highest BCUT2D eigenvalue weighted by molar-refractivity contribution is 5.95. The molecule has 0 N–H and O–H groups in total. The lowest BCUT2D eigenvalue weighted by Gasteiger charge is -2.31. The number of hydrogen-bond acceptors (Lipinski definition) is 5. The van der Waals surface area contributed by atoms with Crippen LogP contribution in [0.3, 0.4) is 0 Å². The molecule has 21 heavy (non-hydrogen) atoms. The van der Waals surface area contributed by atoms with Gasteiger partial charge in [-0.15, -0.1) is 0 Å². The molecule has 2 aromatic heterocycles. The SMILES string of the molecule is Cc1cc(C(=O)N2CCC[C@H](c3noc(C)n3)C2)c(C)o1. The second-order valence-electron chi connectivity index (χ2n) is 5.59. The Balaban J connectivity index is 1.77. The van der Waals surface area contributed by atoms with Crippen LogP contribution in [0.1, 0.15) is 52.4 Å². The normalized spacial score (nSPS) is 19.0. The van der Waals surface area contributed by atoms with Gasteiger partial charge in [-0.2, -0.15) is 4.98 Å². The van der Waals surface area contributed by atoms with E-state index < -0.39 is 0 Å². The molecule has 0 aromatic carbocycles. The Labute approximate surface area is 123 Å². The van der Waals surface area contributed by atoms with E-state index >= 15 is 0 Å². The highest BCUT2D eigenvalue weighted by Crippen LogP contribution is 2.27. The molecule has 112 valence electrons. The Kier molecular flexibility index (Phi) is 3.53. The van der Waals surface area contributed by atoms with Crippen LogP contribution in [0.25, 0.3) is 0 Å². The predicted octanol–water partition coefficient (Wildman–Crippen LogP) is 2.61.